The minimum Gasteiger partial charge on any atom is -0.490 e. The van der Waals surface area contributed by atoms with Crippen LogP contribution in [0.15, 0.2) is 97.1 Å². The highest BCUT2D eigenvalue weighted by Crippen LogP contribution is 2.25. The molecule has 0 bridgehead atoms. The van der Waals surface area contributed by atoms with Gasteiger partial charge in [0.15, 0.2) is 0 Å². The number of benzene rings is 3. The lowest BCUT2D eigenvalue weighted by Gasteiger charge is -2.26. The number of barbiturate groups is 1. The van der Waals surface area contributed by atoms with Crippen LogP contribution in [-0.2, 0) is 16.2 Å². The molecule has 1 aliphatic rings. The molecule has 3 aromatic carbocycles. The SMILES string of the molecule is C=CCOc1cccc(/C=C2/C(=O)NC(=O)N(c3ccc(OCc4ccccc4)cc3)C2=O)c1. The lowest BCUT2D eigenvalue weighted by Crippen LogP contribution is -2.54. The van der Waals surface area contributed by atoms with Crippen LogP contribution < -0.4 is 19.7 Å². The quantitative estimate of drug-likeness (QED) is 0.308. The Balaban J connectivity index is 1.52. The molecule has 0 aliphatic carbocycles. The molecule has 7 nitrogen and oxygen atoms in total. The third-order valence-corrected chi connectivity index (χ3v) is 4.98. The van der Waals surface area contributed by atoms with E-state index >= 15 is 0 Å². The van der Waals surface area contributed by atoms with Gasteiger partial charge in [0.2, 0.25) is 0 Å². The Bertz CT molecular complexity index is 1250. The minimum absolute atomic E-state index is 0.162. The third kappa shape index (κ3) is 5.21. The van der Waals surface area contributed by atoms with Crippen LogP contribution in [0, 0.1) is 0 Å². The van der Waals surface area contributed by atoms with Gasteiger partial charge in [-0.05, 0) is 53.6 Å². The predicted molar refractivity (Wildman–Crippen MR) is 128 cm³/mol. The van der Waals surface area contributed by atoms with Crippen molar-refractivity contribution >= 4 is 29.6 Å². The van der Waals surface area contributed by atoms with E-state index in [9.17, 15) is 14.4 Å². The van der Waals surface area contributed by atoms with Gasteiger partial charge in [0, 0.05) is 0 Å². The van der Waals surface area contributed by atoms with Crippen LogP contribution in [-0.4, -0.2) is 24.5 Å². The van der Waals surface area contributed by atoms with Crippen LogP contribution in [0.1, 0.15) is 11.1 Å². The number of nitrogens with one attached hydrogen (secondary N) is 1. The molecule has 0 atom stereocenters. The van der Waals surface area contributed by atoms with Crippen molar-refractivity contribution in [3.63, 3.8) is 0 Å². The van der Waals surface area contributed by atoms with E-state index in [-0.39, 0.29) is 5.57 Å². The number of urea groups is 1. The highest BCUT2D eigenvalue weighted by Gasteiger charge is 2.36. The highest BCUT2D eigenvalue weighted by molar-refractivity contribution is 6.39. The van der Waals surface area contributed by atoms with Gasteiger partial charge in [-0.25, -0.2) is 9.69 Å². The molecule has 0 aromatic heterocycles. The Morgan fingerprint density at radius 1 is 0.853 bits per heavy atom. The van der Waals surface area contributed by atoms with Crippen molar-refractivity contribution in [3.8, 4) is 11.5 Å². The number of rotatable bonds is 8. The van der Waals surface area contributed by atoms with Crippen LogP contribution in [0.2, 0.25) is 0 Å². The number of carbonyl (C=O) groups is 3. The fourth-order valence-corrected chi connectivity index (χ4v) is 3.34. The van der Waals surface area contributed by atoms with E-state index in [4.69, 9.17) is 9.47 Å². The first-order valence-corrected chi connectivity index (χ1v) is 10.6. The Morgan fingerprint density at radius 3 is 2.35 bits per heavy atom. The molecule has 1 heterocycles. The van der Waals surface area contributed by atoms with Crippen LogP contribution in [0.5, 0.6) is 11.5 Å². The van der Waals surface area contributed by atoms with Crippen molar-refractivity contribution in [2.75, 3.05) is 11.5 Å². The van der Waals surface area contributed by atoms with Crippen LogP contribution in [0.25, 0.3) is 6.08 Å². The zero-order chi connectivity index (χ0) is 23.9. The maximum Gasteiger partial charge on any atom is 0.335 e. The van der Waals surface area contributed by atoms with Crippen molar-refractivity contribution in [2.24, 2.45) is 0 Å². The molecule has 1 N–H and O–H groups in total. The number of carbonyl (C=O) groups excluding carboxylic acids is 3. The largest absolute Gasteiger partial charge is 0.490 e. The van der Waals surface area contributed by atoms with Gasteiger partial charge in [0.1, 0.15) is 30.3 Å². The number of hydrogen-bond donors (Lipinski definition) is 1. The average Bonchev–Trinajstić information content (AvgIpc) is 2.85. The van der Waals surface area contributed by atoms with Gasteiger partial charge < -0.3 is 9.47 Å². The first-order chi connectivity index (χ1) is 16.5. The number of hydrogen-bond acceptors (Lipinski definition) is 5. The van der Waals surface area contributed by atoms with E-state index in [1.54, 1.807) is 54.6 Å². The summed E-state index contributed by atoms with van der Waals surface area (Å²) in [5, 5.41) is 2.22. The second-order valence-electron chi connectivity index (χ2n) is 7.40. The van der Waals surface area contributed by atoms with Crippen molar-refractivity contribution in [3.05, 3.63) is 108 Å². The monoisotopic (exact) mass is 454 g/mol. The number of amides is 4. The fraction of sp³-hybridized carbons (Fsp3) is 0.0741. The predicted octanol–water partition coefficient (Wildman–Crippen LogP) is 4.50. The molecule has 0 radical (unpaired) electrons. The van der Waals surface area contributed by atoms with Gasteiger partial charge in [-0.15, -0.1) is 0 Å². The average molecular weight is 454 g/mol. The summed E-state index contributed by atoms with van der Waals surface area (Å²) in [5.41, 5.74) is 1.75. The lowest BCUT2D eigenvalue weighted by atomic mass is 10.1. The van der Waals surface area contributed by atoms with E-state index in [2.05, 4.69) is 11.9 Å². The first kappa shape index (κ1) is 22.5. The molecule has 0 unspecified atom stereocenters. The molecule has 170 valence electrons. The summed E-state index contributed by atoms with van der Waals surface area (Å²) in [6.45, 7) is 4.32. The standard InChI is InChI=1S/C27H22N2O5/c1-2-15-33-23-10-6-9-20(16-23)17-24-25(30)28-27(32)29(26(24)31)21-11-13-22(14-12-21)34-18-19-7-4-3-5-8-19/h2-14,16-17H,1,15,18H2,(H,28,30,32)/b24-17-. The number of anilines is 1. The third-order valence-electron chi connectivity index (χ3n) is 4.98. The molecule has 7 heteroatoms. The summed E-state index contributed by atoms with van der Waals surface area (Å²) in [5.74, 6) is -0.326. The molecule has 0 spiro atoms. The highest BCUT2D eigenvalue weighted by atomic mass is 16.5. The molecule has 34 heavy (non-hydrogen) atoms. The zero-order valence-electron chi connectivity index (χ0n) is 18.3. The van der Waals surface area contributed by atoms with Gasteiger partial charge in [-0.1, -0.05) is 55.1 Å². The van der Waals surface area contributed by atoms with Crippen LogP contribution in [0.4, 0.5) is 10.5 Å². The Morgan fingerprint density at radius 2 is 1.62 bits per heavy atom. The van der Waals surface area contributed by atoms with E-state index in [1.807, 2.05) is 30.3 Å². The molecule has 1 saturated heterocycles. The van der Waals surface area contributed by atoms with Gasteiger partial charge in [-0.2, -0.15) is 0 Å². The van der Waals surface area contributed by atoms with E-state index in [0.29, 0.717) is 36.0 Å². The number of nitrogens with zero attached hydrogens (tertiary/aromatic N) is 1. The molecule has 4 rings (SSSR count). The fourth-order valence-electron chi connectivity index (χ4n) is 3.34. The molecule has 0 saturated carbocycles. The first-order valence-electron chi connectivity index (χ1n) is 10.6. The minimum atomic E-state index is -0.812. The van der Waals surface area contributed by atoms with Crippen molar-refractivity contribution in [2.45, 2.75) is 6.61 Å². The molecular weight excluding hydrogens is 432 g/mol. The lowest BCUT2D eigenvalue weighted by molar-refractivity contribution is -0.122. The summed E-state index contributed by atoms with van der Waals surface area (Å²) in [6.07, 6.45) is 3.04. The number of imide groups is 2. The second-order valence-corrected chi connectivity index (χ2v) is 7.40. The summed E-state index contributed by atoms with van der Waals surface area (Å²) >= 11 is 0. The Labute approximate surface area is 196 Å². The van der Waals surface area contributed by atoms with E-state index in [1.165, 1.54) is 6.08 Å². The summed E-state index contributed by atoms with van der Waals surface area (Å²) in [4.78, 5) is 38.9. The van der Waals surface area contributed by atoms with Gasteiger partial charge in [0.25, 0.3) is 11.8 Å². The zero-order valence-corrected chi connectivity index (χ0v) is 18.3. The molecular formula is C27H22N2O5. The summed E-state index contributed by atoms with van der Waals surface area (Å²) < 4.78 is 11.3. The van der Waals surface area contributed by atoms with Gasteiger partial charge in [0.05, 0.1) is 5.69 Å². The Hall–Kier alpha value is -4.65. The Kier molecular flexibility index (Phi) is 6.84. The summed E-state index contributed by atoms with van der Waals surface area (Å²) in [7, 11) is 0. The van der Waals surface area contributed by atoms with Crippen LogP contribution >= 0.6 is 0 Å². The van der Waals surface area contributed by atoms with Crippen molar-refractivity contribution < 1.29 is 23.9 Å². The van der Waals surface area contributed by atoms with Crippen LogP contribution in [0.3, 0.4) is 0 Å². The number of ether oxygens (including phenoxy) is 2. The smallest absolute Gasteiger partial charge is 0.335 e. The van der Waals surface area contributed by atoms with Gasteiger partial charge >= 0.3 is 6.03 Å². The topological polar surface area (TPSA) is 84.9 Å². The van der Waals surface area contributed by atoms with E-state index in [0.717, 1.165) is 10.5 Å². The van der Waals surface area contributed by atoms with Gasteiger partial charge in [-0.3, -0.25) is 14.9 Å². The maximum absolute atomic E-state index is 13.1. The second kappa shape index (κ2) is 10.3. The van der Waals surface area contributed by atoms with Crippen molar-refractivity contribution in [1.29, 1.82) is 0 Å². The molecule has 1 fully saturated rings. The molecule has 3 aromatic rings. The normalized spacial score (nSPS) is 14.6. The molecule has 4 amide bonds. The maximum atomic E-state index is 13.1. The summed E-state index contributed by atoms with van der Waals surface area (Å²) in [6, 6.07) is 22.3. The van der Waals surface area contributed by atoms with Crippen molar-refractivity contribution in [1.82, 2.24) is 5.32 Å². The molecule has 1 aliphatic heterocycles. The van der Waals surface area contributed by atoms with E-state index < -0.39 is 17.8 Å².